The van der Waals surface area contributed by atoms with E-state index in [1.54, 1.807) is 18.2 Å². The van der Waals surface area contributed by atoms with Gasteiger partial charge < -0.3 is 10.4 Å². The van der Waals surface area contributed by atoms with Crippen molar-refractivity contribution in [1.29, 1.82) is 0 Å². The number of aliphatic carboxylic acids is 1. The molecule has 9 heteroatoms. The Morgan fingerprint density at radius 3 is 2.62 bits per heavy atom. The van der Waals surface area contributed by atoms with Crippen LogP contribution in [-0.2, 0) is 14.8 Å². The van der Waals surface area contributed by atoms with Crippen molar-refractivity contribution in [3.8, 4) is 0 Å². The number of nitrogens with one attached hydrogen (secondary N) is 1. The van der Waals surface area contributed by atoms with Crippen LogP contribution in [0.5, 0.6) is 0 Å². The van der Waals surface area contributed by atoms with Crippen LogP contribution in [0.4, 0.5) is 0 Å². The third kappa shape index (κ3) is 4.86. The third-order valence-electron chi connectivity index (χ3n) is 7.65. The minimum atomic E-state index is -3.69. The summed E-state index contributed by atoms with van der Waals surface area (Å²) in [5.41, 5.74) is 0.179. The van der Waals surface area contributed by atoms with Gasteiger partial charge in [-0.25, -0.2) is 3.97 Å². The van der Waals surface area contributed by atoms with Crippen LogP contribution in [0.1, 0.15) is 62.0 Å². The zero-order valence-corrected chi connectivity index (χ0v) is 21.1. The van der Waals surface area contributed by atoms with Gasteiger partial charge in [0.15, 0.2) is 0 Å². The van der Waals surface area contributed by atoms with Crippen molar-refractivity contribution < 1.29 is 23.1 Å². The topological polar surface area (TPSA) is 105 Å². The number of allylic oxidation sites excluding steroid dienone is 2. The van der Waals surface area contributed by atoms with Crippen LogP contribution in [0.2, 0.25) is 0 Å². The number of thiophene rings is 1. The lowest BCUT2D eigenvalue weighted by molar-refractivity contribution is -0.137. The number of hydrogen-bond donors (Lipinski definition) is 2. The number of unbranched alkanes of at least 4 members (excludes halogenated alkanes) is 1. The number of carbonyl (C=O) groups is 2. The molecular formula is C25H32N2O5S2. The van der Waals surface area contributed by atoms with E-state index < -0.39 is 16.0 Å². The monoisotopic (exact) mass is 504 g/mol. The Morgan fingerprint density at radius 1 is 1.21 bits per heavy atom. The van der Waals surface area contributed by atoms with Crippen LogP contribution in [0.3, 0.4) is 0 Å². The van der Waals surface area contributed by atoms with Gasteiger partial charge in [-0.15, -0.1) is 11.3 Å². The summed E-state index contributed by atoms with van der Waals surface area (Å²) in [6.45, 7) is 4.55. The molecule has 0 radical (unpaired) electrons. The second-order valence-electron chi connectivity index (χ2n) is 9.99. The van der Waals surface area contributed by atoms with Gasteiger partial charge in [0.25, 0.3) is 15.9 Å². The predicted molar refractivity (Wildman–Crippen MR) is 131 cm³/mol. The number of hydrogen-bond acceptors (Lipinski definition) is 5. The summed E-state index contributed by atoms with van der Waals surface area (Å²) in [7, 11) is -3.69. The molecular weight excluding hydrogens is 472 g/mol. The number of carbonyl (C=O) groups excluding carboxylic acids is 1. The maximum Gasteiger partial charge on any atom is 0.303 e. The predicted octanol–water partition coefficient (Wildman–Crippen LogP) is 4.77. The van der Waals surface area contributed by atoms with E-state index in [1.165, 1.54) is 18.5 Å². The van der Waals surface area contributed by atoms with Gasteiger partial charge in [-0.1, -0.05) is 26.0 Å². The number of aromatic nitrogens is 1. The smallest absolute Gasteiger partial charge is 0.303 e. The number of carboxylic acid groups (broad SMARTS) is 1. The minimum Gasteiger partial charge on any atom is -0.481 e. The number of nitrogens with zero attached hydrogens (tertiary/aromatic N) is 1. The Labute approximate surface area is 204 Å². The fraction of sp³-hybridized carbons (Fsp3) is 0.520. The maximum atomic E-state index is 13.2. The zero-order valence-electron chi connectivity index (χ0n) is 19.5. The molecule has 2 aromatic rings. The van der Waals surface area contributed by atoms with Gasteiger partial charge in [0, 0.05) is 24.9 Å². The van der Waals surface area contributed by atoms with Crippen molar-refractivity contribution in [2.45, 2.75) is 62.6 Å². The standard InChI is InChI=1S/C25H32N2O5S2/c1-25(2)18-15-17(9-5-3-4-6-10-21(28)29)23(19(25)16-18)26-24(30)20-11-12-22(33-20)34(31,32)27-13-7-8-14-27/h3,5,7-8,11-14,17-19,23H,4,6,9-10,15-16H2,1-2H3,(H,26,30)(H,28,29)/b5-3+. The molecule has 2 N–H and O–H groups in total. The van der Waals surface area contributed by atoms with Crippen molar-refractivity contribution >= 4 is 33.2 Å². The lowest BCUT2D eigenvalue weighted by Gasteiger charge is -2.62. The largest absolute Gasteiger partial charge is 0.481 e. The average Bonchev–Trinajstić information content (AvgIpc) is 3.49. The number of amides is 1. The summed E-state index contributed by atoms with van der Waals surface area (Å²) in [6, 6.07) is 6.41. The van der Waals surface area contributed by atoms with Gasteiger partial charge >= 0.3 is 5.97 Å². The lowest BCUT2D eigenvalue weighted by atomic mass is 9.44. The molecule has 2 bridgehead atoms. The first-order valence-electron chi connectivity index (χ1n) is 11.8. The molecule has 0 spiro atoms. The van der Waals surface area contributed by atoms with E-state index in [-0.39, 0.29) is 28.0 Å². The highest BCUT2D eigenvalue weighted by Gasteiger charge is 2.57. The van der Waals surface area contributed by atoms with Crippen LogP contribution >= 0.6 is 11.3 Å². The number of fused-ring (bicyclic) bond motifs is 2. The SMILES string of the molecule is CC1(C)C2CC(C/C=C/CCCC(=O)O)C(NC(=O)c3ccc(S(=O)(=O)n4cccc4)s3)C1C2. The van der Waals surface area contributed by atoms with Crippen LogP contribution < -0.4 is 5.32 Å². The van der Waals surface area contributed by atoms with E-state index in [0.29, 0.717) is 29.1 Å². The molecule has 184 valence electrons. The summed E-state index contributed by atoms with van der Waals surface area (Å²) in [5.74, 6) is 0.364. The van der Waals surface area contributed by atoms with Gasteiger partial charge in [0.05, 0.1) is 4.88 Å². The highest BCUT2D eigenvalue weighted by atomic mass is 32.2. The second-order valence-corrected chi connectivity index (χ2v) is 13.1. The molecule has 7 nitrogen and oxygen atoms in total. The fourth-order valence-electron chi connectivity index (χ4n) is 5.51. The molecule has 34 heavy (non-hydrogen) atoms. The van der Waals surface area contributed by atoms with E-state index >= 15 is 0 Å². The molecule has 1 amide bonds. The molecule has 4 unspecified atom stereocenters. The van der Waals surface area contributed by atoms with Gasteiger partial charge in [0.1, 0.15) is 4.21 Å². The molecule has 3 aliphatic carbocycles. The van der Waals surface area contributed by atoms with Crippen molar-refractivity contribution in [2.24, 2.45) is 23.2 Å². The Bertz CT molecular complexity index is 1160. The van der Waals surface area contributed by atoms with Crippen molar-refractivity contribution in [3.05, 3.63) is 53.7 Å². The summed E-state index contributed by atoms with van der Waals surface area (Å²) in [5, 5.41) is 12.0. The van der Waals surface area contributed by atoms with E-state index in [1.807, 2.05) is 6.08 Å². The lowest BCUT2D eigenvalue weighted by Crippen LogP contribution is -2.63. The molecule has 0 aromatic carbocycles. The highest BCUT2D eigenvalue weighted by molar-refractivity contribution is 7.92. The van der Waals surface area contributed by atoms with Crippen LogP contribution in [-0.4, -0.2) is 35.4 Å². The van der Waals surface area contributed by atoms with E-state index in [2.05, 4.69) is 25.2 Å². The van der Waals surface area contributed by atoms with Gasteiger partial charge in [-0.05, 0) is 79.5 Å². The van der Waals surface area contributed by atoms with Crippen LogP contribution in [0.25, 0.3) is 0 Å². The molecule has 0 aliphatic heterocycles. The summed E-state index contributed by atoms with van der Waals surface area (Å²) >= 11 is 0.996. The van der Waals surface area contributed by atoms with Crippen molar-refractivity contribution in [1.82, 2.24) is 9.29 Å². The summed E-state index contributed by atoms with van der Waals surface area (Å²) in [6.07, 6.45) is 11.7. The molecule has 2 aromatic heterocycles. The van der Waals surface area contributed by atoms with Gasteiger partial charge in [0.2, 0.25) is 0 Å². The fourth-order valence-corrected chi connectivity index (χ4v) is 8.01. The quantitative estimate of drug-likeness (QED) is 0.358. The van der Waals surface area contributed by atoms with E-state index in [9.17, 15) is 18.0 Å². The number of rotatable bonds is 10. The molecule has 3 fully saturated rings. The first-order chi connectivity index (χ1) is 16.1. The third-order valence-corrected chi connectivity index (χ3v) is 10.9. The first-order valence-corrected chi connectivity index (χ1v) is 14.0. The Balaban J connectivity index is 1.43. The minimum absolute atomic E-state index is 0.0303. The van der Waals surface area contributed by atoms with Gasteiger partial charge in [-0.3, -0.25) is 9.59 Å². The van der Waals surface area contributed by atoms with Crippen molar-refractivity contribution in [3.63, 3.8) is 0 Å². The summed E-state index contributed by atoms with van der Waals surface area (Å²) in [4.78, 5) is 24.2. The Hall–Kier alpha value is -2.39. The van der Waals surface area contributed by atoms with Gasteiger partial charge in [-0.2, -0.15) is 8.42 Å². The maximum absolute atomic E-state index is 13.2. The average molecular weight is 505 g/mol. The second kappa shape index (κ2) is 9.70. The van der Waals surface area contributed by atoms with Crippen molar-refractivity contribution in [2.75, 3.05) is 0 Å². The van der Waals surface area contributed by atoms with Crippen LogP contribution in [0.15, 0.2) is 53.0 Å². The molecule has 5 rings (SSSR count). The first kappa shape index (κ1) is 24.7. The van der Waals surface area contributed by atoms with Crippen LogP contribution in [0, 0.1) is 23.2 Å². The molecule has 3 aliphatic rings. The zero-order chi connectivity index (χ0) is 24.5. The van der Waals surface area contributed by atoms with E-state index in [4.69, 9.17) is 5.11 Å². The molecule has 4 atom stereocenters. The van der Waals surface area contributed by atoms with E-state index in [0.717, 1.165) is 41.0 Å². The normalized spacial score (nSPS) is 25.7. The molecule has 2 heterocycles. The Kier molecular flexibility index (Phi) is 7.05. The molecule has 3 saturated carbocycles. The highest BCUT2D eigenvalue weighted by Crippen LogP contribution is 2.61. The Morgan fingerprint density at radius 2 is 1.94 bits per heavy atom. The summed E-state index contributed by atoms with van der Waals surface area (Å²) < 4.78 is 26.8. The molecule has 0 saturated heterocycles. The number of carboxylic acids is 1.